The average molecular weight is 397 g/mol. The van der Waals surface area contributed by atoms with Gasteiger partial charge in [-0.1, -0.05) is 31.5 Å². The van der Waals surface area contributed by atoms with Crippen molar-refractivity contribution in [3.05, 3.63) is 46.0 Å². The van der Waals surface area contributed by atoms with Crippen LogP contribution in [-0.4, -0.2) is 27.9 Å². The topological polar surface area (TPSA) is 76.0 Å². The van der Waals surface area contributed by atoms with Gasteiger partial charge in [0.05, 0.1) is 5.69 Å². The number of anilines is 1. The van der Waals surface area contributed by atoms with E-state index in [2.05, 4.69) is 41.6 Å². The minimum absolute atomic E-state index is 0.199. The number of aryl methyl sites for hydroxylation is 3. The molecule has 29 heavy (non-hydrogen) atoms. The number of amides is 2. The van der Waals surface area contributed by atoms with Gasteiger partial charge < -0.3 is 15.2 Å². The van der Waals surface area contributed by atoms with Gasteiger partial charge in [0.2, 0.25) is 0 Å². The fourth-order valence-electron chi connectivity index (χ4n) is 4.00. The second kappa shape index (κ2) is 8.80. The monoisotopic (exact) mass is 396 g/mol. The Kier molecular flexibility index (Phi) is 6.40. The number of carbonyl (C=O) groups is 2. The number of imidazole rings is 1. The first-order valence-electron chi connectivity index (χ1n) is 10.5. The largest absolute Gasteiger partial charge is 0.349 e. The smallest absolute Gasteiger partial charge is 0.287 e. The summed E-state index contributed by atoms with van der Waals surface area (Å²) in [6, 6.07) is 4.11. The minimum atomic E-state index is -0.244. The van der Waals surface area contributed by atoms with Crippen molar-refractivity contribution < 1.29 is 9.59 Å². The van der Waals surface area contributed by atoms with Crippen LogP contribution in [0, 0.1) is 26.7 Å². The van der Waals surface area contributed by atoms with E-state index < -0.39 is 0 Å². The lowest BCUT2D eigenvalue weighted by Crippen LogP contribution is -2.29. The summed E-state index contributed by atoms with van der Waals surface area (Å²) in [6.45, 7) is 11.6. The lowest BCUT2D eigenvalue weighted by atomic mass is 10.0. The number of hydrogen-bond donors (Lipinski definition) is 2. The molecule has 2 N–H and O–H groups in total. The third-order valence-electron chi connectivity index (χ3n) is 5.46. The molecular weight excluding hydrogens is 364 g/mol. The van der Waals surface area contributed by atoms with Crippen LogP contribution in [0.2, 0.25) is 0 Å². The molecule has 3 rings (SSSR count). The third-order valence-corrected chi connectivity index (χ3v) is 5.46. The Hall–Kier alpha value is -2.63. The van der Waals surface area contributed by atoms with Gasteiger partial charge in [0.1, 0.15) is 0 Å². The highest BCUT2D eigenvalue weighted by molar-refractivity contribution is 6.05. The van der Waals surface area contributed by atoms with Crippen molar-refractivity contribution in [2.75, 3.05) is 11.9 Å². The molecule has 1 aliphatic rings. The highest BCUT2D eigenvalue weighted by Gasteiger charge is 2.27. The maximum absolute atomic E-state index is 13.1. The second-order valence-electron chi connectivity index (χ2n) is 8.51. The van der Waals surface area contributed by atoms with Crippen LogP contribution in [0.4, 0.5) is 5.69 Å². The quantitative estimate of drug-likeness (QED) is 0.769. The van der Waals surface area contributed by atoms with E-state index in [1.165, 1.54) is 0 Å². The Morgan fingerprint density at radius 1 is 1.10 bits per heavy atom. The molecule has 6 nitrogen and oxygen atoms in total. The normalized spacial score (nSPS) is 13.3. The standard InChI is InChI=1S/C23H32N4O2/c1-14(2)9-10-24-23(29)21-25-20(18-8-6-7-11-27(18)21)22(28)26-19-16(4)12-15(3)13-17(19)5/h12-14H,6-11H2,1-5H3,(H,24,29)(H,26,28). The molecular formula is C23H32N4O2. The second-order valence-corrected chi connectivity index (χ2v) is 8.51. The maximum Gasteiger partial charge on any atom is 0.287 e. The molecule has 2 heterocycles. The van der Waals surface area contributed by atoms with Crippen molar-refractivity contribution in [2.45, 2.75) is 66.8 Å². The van der Waals surface area contributed by atoms with Crippen molar-refractivity contribution in [1.82, 2.24) is 14.9 Å². The number of nitrogens with zero attached hydrogens (tertiary/aromatic N) is 2. The van der Waals surface area contributed by atoms with Crippen LogP contribution in [0.3, 0.4) is 0 Å². The van der Waals surface area contributed by atoms with E-state index in [4.69, 9.17) is 0 Å². The van der Waals surface area contributed by atoms with Gasteiger partial charge >= 0.3 is 0 Å². The average Bonchev–Trinajstić information content (AvgIpc) is 3.04. The number of fused-ring (bicyclic) bond motifs is 1. The Balaban J connectivity index is 1.87. The van der Waals surface area contributed by atoms with Crippen LogP contribution < -0.4 is 10.6 Å². The molecule has 0 unspecified atom stereocenters. The van der Waals surface area contributed by atoms with Crippen molar-refractivity contribution >= 4 is 17.5 Å². The Morgan fingerprint density at radius 3 is 2.45 bits per heavy atom. The fourth-order valence-corrected chi connectivity index (χ4v) is 4.00. The molecule has 2 aromatic rings. The molecule has 0 aliphatic carbocycles. The van der Waals surface area contributed by atoms with Gasteiger partial charge in [-0.15, -0.1) is 0 Å². The van der Waals surface area contributed by atoms with Crippen LogP contribution in [0.1, 0.15) is 76.6 Å². The lowest BCUT2D eigenvalue weighted by Gasteiger charge is -2.17. The molecule has 0 bridgehead atoms. The first-order chi connectivity index (χ1) is 13.8. The summed E-state index contributed by atoms with van der Waals surface area (Å²) >= 11 is 0. The number of aromatic nitrogens is 2. The van der Waals surface area contributed by atoms with Gasteiger partial charge in [0, 0.05) is 18.8 Å². The zero-order valence-corrected chi connectivity index (χ0v) is 18.2. The van der Waals surface area contributed by atoms with Crippen LogP contribution in [0.25, 0.3) is 0 Å². The van der Waals surface area contributed by atoms with Gasteiger partial charge in [-0.2, -0.15) is 0 Å². The van der Waals surface area contributed by atoms with Gasteiger partial charge in [-0.25, -0.2) is 4.98 Å². The van der Waals surface area contributed by atoms with Crippen LogP contribution in [0.5, 0.6) is 0 Å². The van der Waals surface area contributed by atoms with Crippen LogP contribution >= 0.6 is 0 Å². The van der Waals surface area contributed by atoms with Gasteiger partial charge in [-0.05, 0) is 63.5 Å². The van der Waals surface area contributed by atoms with Crippen molar-refractivity contribution in [1.29, 1.82) is 0 Å². The molecule has 0 radical (unpaired) electrons. The number of benzene rings is 1. The molecule has 1 aromatic carbocycles. The summed E-state index contributed by atoms with van der Waals surface area (Å²) in [4.78, 5) is 30.3. The van der Waals surface area contributed by atoms with Crippen LogP contribution in [-0.2, 0) is 13.0 Å². The van der Waals surface area contributed by atoms with Crippen molar-refractivity contribution in [3.63, 3.8) is 0 Å². The summed E-state index contributed by atoms with van der Waals surface area (Å²) in [7, 11) is 0. The van der Waals surface area contributed by atoms with E-state index >= 15 is 0 Å². The summed E-state index contributed by atoms with van der Waals surface area (Å²) in [6.07, 6.45) is 3.68. The predicted molar refractivity (Wildman–Crippen MR) is 116 cm³/mol. The van der Waals surface area contributed by atoms with Crippen molar-refractivity contribution in [3.8, 4) is 0 Å². The number of hydrogen-bond acceptors (Lipinski definition) is 3. The van der Waals surface area contributed by atoms with Crippen LogP contribution in [0.15, 0.2) is 12.1 Å². The predicted octanol–water partition coefficient (Wildman–Crippen LogP) is 4.17. The van der Waals surface area contributed by atoms with E-state index in [1.807, 2.05) is 25.3 Å². The Labute approximate surface area is 173 Å². The van der Waals surface area contributed by atoms with Gasteiger partial charge in [0.15, 0.2) is 11.5 Å². The third kappa shape index (κ3) is 4.69. The first-order valence-corrected chi connectivity index (χ1v) is 10.5. The molecule has 1 aliphatic heterocycles. The Bertz CT molecular complexity index is 904. The summed E-state index contributed by atoms with van der Waals surface area (Å²) < 4.78 is 1.93. The zero-order chi connectivity index (χ0) is 21.1. The molecule has 1 aromatic heterocycles. The van der Waals surface area contributed by atoms with E-state index in [0.29, 0.717) is 24.0 Å². The minimum Gasteiger partial charge on any atom is -0.349 e. The first kappa shape index (κ1) is 21.1. The summed E-state index contributed by atoms with van der Waals surface area (Å²) in [5.74, 6) is 0.431. The SMILES string of the molecule is Cc1cc(C)c(NC(=O)c2nc(C(=O)NCCC(C)C)n3c2CCCC3)c(C)c1. The molecule has 156 valence electrons. The summed E-state index contributed by atoms with van der Waals surface area (Å²) in [5, 5.41) is 5.99. The lowest BCUT2D eigenvalue weighted by molar-refractivity contribution is 0.0936. The van der Waals surface area contributed by atoms with E-state index in [9.17, 15) is 9.59 Å². The van der Waals surface area contributed by atoms with E-state index in [0.717, 1.165) is 60.3 Å². The fraction of sp³-hybridized carbons (Fsp3) is 0.522. The molecule has 0 saturated heterocycles. The van der Waals surface area contributed by atoms with Crippen molar-refractivity contribution in [2.24, 2.45) is 5.92 Å². The maximum atomic E-state index is 13.1. The number of carbonyl (C=O) groups excluding carboxylic acids is 2. The highest BCUT2D eigenvalue weighted by Crippen LogP contribution is 2.25. The van der Waals surface area contributed by atoms with Gasteiger partial charge in [0.25, 0.3) is 11.8 Å². The molecule has 0 atom stereocenters. The van der Waals surface area contributed by atoms with Gasteiger partial charge in [-0.3, -0.25) is 9.59 Å². The zero-order valence-electron chi connectivity index (χ0n) is 18.2. The number of nitrogens with one attached hydrogen (secondary N) is 2. The number of rotatable bonds is 6. The molecule has 6 heteroatoms. The molecule has 0 fully saturated rings. The van der Waals surface area contributed by atoms with E-state index in [-0.39, 0.29) is 11.8 Å². The summed E-state index contributed by atoms with van der Waals surface area (Å²) in [5.41, 5.74) is 5.27. The Morgan fingerprint density at radius 2 is 1.79 bits per heavy atom. The van der Waals surface area contributed by atoms with E-state index in [1.54, 1.807) is 0 Å². The highest BCUT2D eigenvalue weighted by atomic mass is 16.2. The molecule has 0 saturated carbocycles. The molecule has 0 spiro atoms. The molecule has 2 amide bonds.